The largest absolute Gasteiger partial charge is 0.411 e. The molecule has 106 valence electrons. The van der Waals surface area contributed by atoms with Crippen LogP contribution < -0.4 is 5.32 Å². The minimum absolute atomic E-state index is 0.105. The highest BCUT2D eigenvalue weighted by atomic mass is 32.2. The maximum Gasteiger partial charge on any atom is 0.277 e. The van der Waals surface area contributed by atoms with Gasteiger partial charge in [-0.25, -0.2) is 4.39 Å². The molecule has 0 spiro atoms. The van der Waals surface area contributed by atoms with E-state index in [1.807, 2.05) is 6.92 Å². The van der Waals surface area contributed by atoms with Crippen molar-refractivity contribution >= 4 is 17.7 Å². The van der Waals surface area contributed by atoms with E-state index in [1.54, 1.807) is 25.1 Å². The molecular weight excluding hydrogens is 281 g/mol. The van der Waals surface area contributed by atoms with Gasteiger partial charge in [0, 0.05) is 6.54 Å². The SMILES string of the molecule is CCNC(=O)[C@@H](C)Sc1nnc(-c2ccccc2F)o1. The molecule has 0 aliphatic carbocycles. The van der Waals surface area contributed by atoms with E-state index in [4.69, 9.17) is 4.42 Å². The van der Waals surface area contributed by atoms with Crippen LogP contribution in [0.5, 0.6) is 0 Å². The second kappa shape index (κ2) is 6.51. The van der Waals surface area contributed by atoms with Crippen LogP contribution in [0.1, 0.15) is 13.8 Å². The summed E-state index contributed by atoms with van der Waals surface area (Å²) in [5.41, 5.74) is 0.248. The predicted octanol–water partition coefficient (Wildman–Crippen LogP) is 2.49. The highest BCUT2D eigenvalue weighted by molar-refractivity contribution is 8.00. The Hall–Kier alpha value is -1.89. The number of carbonyl (C=O) groups is 1. The first-order valence-electron chi connectivity index (χ1n) is 6.14. The predicted molar refractivity (Wildman–Crippen MR) is 73.7 cm³/mol. The quantitative estimate of drug-likeness (QED) is 0.858. The van der Waals surface area contributed by atoms with E-state index in [-0.39, 0.29) is 27.8 Å². The van der Waals surface area contributed by atoms with Gasteiger partial charge in [-0.3, -0.25) is 4.79 Å². The molecule has 2 aromatic rings. The second-order valence-electron chi connectivity index (χ2n) is 4.01. The van der Waals surface area contributed by atoms with Crippen LogP contribution in [0.25, 0.3) is 11.5 Å². The van der Waals surface area contributed by atoms with Crippen molar-refractivity contribution in [3.05, 3.63) is 30.1 Å². The zero-order valence-electron chi connectivity index (χ0n) is 11.1. The van der Waals surface area contributed by atoms with Crippen molar-refractivity contribution in [3.63, 3.8) is 0 Å². The Kier molecular flexibility index (Phi) is 4.73. The molecule has 20 heavy (non-hydrogen) atoms. The number of nitrogens with one attached hydrogen (secondary N) is 1. The summed E-state index contributed by atoms with van der Waals surface area (Å²) >= 11 is 1.14. The molecule has 1 aromatic carbocycles. The van der Waals surface area contributed by atoms with Gasteiger partial charge >= 0.3 is 0 Å². The van der Waals surface area contributed by atoms with Gasteiger partial charge < -0.3 is 9.73 Å². The summed E-state index contributed by atoms with van der Waals surface area (Å²) < 4.78 is 18.9. The molecule has 0 saturated carbocycles. The van der Waals surface area contributed by atoms with Crippen molar-refractivity contribution in [2.75, 3.05) is 6.54 Å². The summed E-state index contributed by atoms with van der Waals surface area (Å²) in [6, 6.07) is 6.16. The molecule has 2 rings (SSSR count). The summed E-state index contributed by atoms with van der Waals surface area (Å²) in [6.07, 6.45) is 0. The van der Waals surface area contributed by atoms with Crippen LogP contribution in [-0.4, -0.2) is 27.9 Å². The Morgan fingerprint density at radius 3 is 2.90 bits per heavy atom. The maximum atomic E-state index is 13.6. The summed E-state index contributed by atoms with van der Waals surface area (Å²) in [5, 5.41) is 10.2. The molecule has 1 atom stereocenters. The van der Waals surface area contributed by atoms with Gasteiger partial charge in [0.25, 0.3) is 11.1 Å². The molecule has 0 unspecified atom stereocenters. The van der Waals surface area contributed by atoms with Crippen LogP contribution in [0, 0.1) is 5.82 Å². The monoisotopic (exact) mass is 295 g/mol. The molecule has 0 aliphatic heterocycles. The highest BCUT2D eigenvalue weighted by Crippen LogP contribution is 2.27. The van der Waals surface area contributed by atoms with Crippen LogP contribution >= 0.6 is 11.8 Å². The third-order valence-electron chi connectivity index (χ3n) is 2.51. The standard InChI is InChI=1S/C13H14FN3O2S/c1-3-15-11(18)8(2)20-13-17-16-12(19-13)9-6-4-5-7-10(9)14/h4-8H,3H2,1-2H3,(H,15,18)/t8-/m1/s1. The maximum absolute atomic E-state index is 13.6. The minimum Gasteiger partial charge on any atom is -0.411 e. The molecule has 1 aromatic heterocycles. The van der Waals surface area contributed by atoms with Gasteiger partial charge in [0.15, 0.2) is 0 Å². The van der Waals surface area contributed by atoms with Gasteiger partial charge in [-0.2, -0.15) is 0 Å². The van der Waals surface area contributed by atoms with Crippen molar-refractivity contribution in [1.29, 1.82) is 0 Å². The number of amides is 1. The van der Waals surface area contributed by atoms with Gasteiger partial charge in [-0.05, 0) is 26.0 Å². The molecule has 1 N–H and O–H groups in total. The smallest absolute Gasteiger partial charge is 0.277 e. The van der Waals surface area contributed by atoms with E-state index < -0.39 is 5.82 Å². The van der Waals surface area contributed by atoms with Gasteiger partial charge in [-0.15, -0.1) is 10.2 Å². The Bertz CT molecular complexity index is 603. The van der Waals surface area contributed by atoms with Gasteiger partial charge in [0.05, 0.1) is 10.8 Å². The Morgan fingerprint density at radius 2 is 2.20 bits per heavy atom. The molecule has 1 heterocycles. The Balaban J connectivity index is 2.10. The van der Waals surface area contributed by atoms with E-state index in [1.165, 1.54) is 6.07 Å². The van der Waals surface area contributed by atoms with E-state index in [2.05, 4.69) is 15.5 Å². The average molecular weight is 295 g/mol. The molecule has 7 heteroatoms. The van der Waals surface area contributed by atoms with Crippen molar-refractivity contribution in [3.8, 4) is 11.5 Å². The van der Waals surface area contributed by atoms with E-state index >= 15 is 0 Å². The molecule has 0 radical (unpaired) electrons. The lowest BCUT2D eigenvalue weighted by Crippen LogP contribution is -2.30. The third-order valence-corrected chi connectivity index (χ3v) is 3.44. The normalized spacial score (nSPS) is 12.2. The van der Waals surface area contributed by atoms with E-state index in [0.717, 1.165) is 11.8 Å². The Labute approximate surface area is 120 Å². The summed E-state index contributed by atoms with van der Waals surface area (Å²) in [7, 11) is 0. The van der Waals surface area contributed by atoms with Crippen LogP contribution in [0.3, 0.4) is 0 Å². The second-order valence-corrected chi connectivity index (χ2v) is 5.30. The lowest BCUT2D eigenvalue weighted by Gasteiger charge is -2.07. The fourth-order valence-corrected chi connectivity index (χ4v) is 2.23. The molecule has 5 nitrogen and oxygen atoms in total. The number of benzene rings is 1. The number of aromatic nitrogens is 2. The first-order chi connectivity index (χ1) is 9.61. The van der Waals surface area contributed by atoms with Crippen LogP contribution in [0.2, 0.25) is 0 Å². The number of nitrogens with zero attached hydrogens (tertiary/aromatic N) is 2. The van der Waals surface area contributed by atoms with Gasteiger partial charge in [-0.1, -0.05) is 23.9 Å². The topological polar surface area (TPSA) is 68.0 Å². The van der Waals surface area contributed by atoms with E-state index in [9.17, 15) is 9.18 Å². The van der Waals surface area contributed by atoms with Crippen molar-refractivity contribution in [1.82, 2.24) is 15.5 Å². The number of thioether (sulfide) groups is 1. The Morgan fingerprint density at radius 1 is 1.45 bits per heavy atom. The molecule has 1 amide bonds. The fourth-order valence-electron chi connectivity index (χ4n) is 1.52. The van der Waals surface area contributed by atoms with Crippen molar-refractivity contribution < 1.29 is 13.6 Å². The number of hydrogen-bond acceptors (Lipinski definition) is 5. The minimum atomic E-state index is -0.426. The molecule has 0 aliphatic rings. The first-order valence-corrected chi connectivity index (χ1v) is 7.02. The molecule has 0 fully saturated rings. The number of hydrogen-bond donors (Lipinski definition) is 1. The lowest BCUT2D eigenvalue weighted by atomic mass is 10.2. The average Bonchev–Trinajstić information content (AvgIpc) is 2.87. The fraction of sp³-hybridized carbons (Fsp3) is 0.308. The van der Waals surface area contributed by atoms with Crippen molar-refractivity contribution in [2.45, 2.75) is 24.3 Å². The number of carbonyl (C=O) groups excluding carboxylic acids is 1. The first kappa shape index (κ1) is 14.5. The number of rotatable bonds is 5. The molecule has 0 bridgehead atoms. The zero-order valence-corrected chi connectivity index (χ0v) is 11.9. The van der Waals surface area contributed by atoms with Crippen molar-refractivity contribution in [2.24, 2.45) is 0 Å². The van der Waals surface area contributed by atoms with E-state index in [0.29, 0.717) is 6.54 Å². The highest BCUT2D eigenvalue weighted by Gasteiger charge is 2.18. The van der Waals surface area contributed by atoms with Crippen LogP contribution in [0.15, 0.2) is 33.9 Å². The molecular formula is C13H14FN3O2S. The van der Waals surface area contributed by atoms with Crippen LogP contribution in [-0.2, 0) is 4.79 Å². The third kappa shape index (κ3) is 3.36. The van der Waals surface area contributed by atoms with Crippen LogP contribution in [0.4, 0.5) is 4.39 Å². The molecule has 0 saturated heterocycles. The summed E-state index contributed by atoms with van der Waals surface area (Å²) in [5.74, 6) is -0.429. The number of halogens is 1. The zero-order chi connectivity index (χ0) is 14.5. The van der Waals surface area contributed by atoms with Gasteiger partial charge in [0.1, 0.15) is 5.82 Å². The summed E-state index contributed by atoms with van der Waals surface area (Å²) in [4.78, 5) is 11.6. The lowest BCUT2D eigenvalue weighted by molar-refractivity contribution is -0.120. The van der Waals surface area contributed by atoms with Gasteiger partial charge in [0.2, 0.25) is 5.91 Å². The summed E-state index contributed by atoms with van der Waals surface area (Å²) in [6.45, 7) is 4.15.